The molecular formula is C50H56FN7O8S. The van der Waals surface area contributed by atoms with Crippen LogP contribution < -0.4 is 19.5 Å². The Morgan fingerprint density at radius 3 is 2.46 bits per heavy atom. The van der Waals surface area contributed by atoms with E-state index in [1.165, 1.54) is 23.1 Å². The minimum absolute atomic E-state index is 0.0146. The molecule has 67 heavy (non-hydrogen) atoms. The maximum Gasteiger partial charge on any atom is 0.259 e. The maximum atomic E-state index is 15.3. The van der Waals surface area contributed by atoms with E-state index in [1.807, 2.05) is 63.2 Å². The first-order chi connectivity index (χ1) is 32.0. The fraction of sp³-hybridized carbons (Fsp3) is 0.440. The average molecular weight is 934 g/mol. The van der Waals surface area contributed by atoms with E-state index in [2.05, 4.69) is 21.6 Å². The van der Waals surface area contributed by atoms with E-state index in [0.29, 0.717) is 70.8 Å². The van der Waals surface area contributed by atoms with E-state index in [9.17, 15) is 27.2 Å². The molecule has 2 aliphatic heterocycles. The Bertz CT molecular complexity index is 2880. The molecule has 2 aromatic heterocycles. The number of nitrogens with zero attached hydrogens (tertiary/aromatic N) is 4. The first kappa shape index (κ1) is 45.8. The Kier molecular flexibility index (Phi) is 12.1. The van der Waals surface area contributed by atoms with Crippen LogP contribution in [0.4, 0.5) is 4.39 Å². The number of ether oxygens (including phenoxy) is 2. The zero-order valence-corrected chi connectivity index (χ0v) is 38.9. The minimum atomic E-state index is -3.95. The second kappa shape index (κ2) is 17.7. The van der Waals surface area contributed by atoms with Crippen molar-refractivity contribution >= 4 is 55.6 Å². The van der Waals surface area contributed by atoms with Crippen molar-refractivity contribution < 1.29 is 41.5 Å². The van der Waals surface area contributed by atoms with Crippen LogP contribution in [-0.4, -0.2) is 99.9 Å². The predicted molar refractivity (Wildman–Crippen MR) is 249 cm³/mol. The van der Waals surface area contributed by atoms with Crippen molar-refractivity contribution in [2.24, 2.45) is 17.3 Å². The standard InChI is InChI=1S/C50H56FN7O8S/c1-6-30-27-50(30,48(62)56-67(63,64)34-17-18-34)55-46(60)42-24-33(66-43-26-38(29-12-8-7-9-13-29)52-39-23-32(65-5)16-19-35(39)43)28-58(42)47(61)36(49(2,3)4)25-44(59)57-21-11-10-14-41(57)45-53-37-20-15-31(51)22-40(37)54-45/h6-9,12-13,15-16,19-20,22-23,26,30,33-34,36,41-42H,1,10-11,14,17-18,21,24-25,27-28H2,2-5H3,(H,53,54)(H,55,60)(H,56,62)/t30?,33-,36-,41?,42+,50-/m1/s1. The number of halogens is 1. The van der Waals surface area contributed by atoms with E-state index in [1.54, 1.807) is 30.2 Å². The highest BCUT2D eigenvalue weighted by Gasteiger charge is 2.62. The molecule has 3 aromatic carbocycles. The van der Waals surface area contributed by atoms with Crippen LogP contribution in [0, 0.1) is 23.1 Å². The molecule has 352 valence electrons. The molecule has 0 radical (unpaired) electrons. The monoisotopic (exact) mass is 933 g/mol. The number of fused-ring (bicyclic) bond motifs is 2. The fourth-order valence-electron chi connectivity index (χ4n) is 9.66. The molecule has 9 rings (SSSR count). The van der Waals surface area contributed by atoms with Gasteiger partial charge >= 0.3 is 0 Å². The smallest absolute Gasteiger partial charge is 0.259 e. The van der Waals surface area contributed by atoms with Gasteiger partial charge in [0, 0.05) is 48.4 Å². The highest BCUT2D eigenvalue weighted by atomic mass is 32.2. The first-order valence-corrected chi connectivity index (χ1v) is 24.5. The van der Waals surface area contributed by atoms with Crippen molar-refractivity contribution in [3.8, 4) is 22.8 Å². The first-order valence-electron chi connectivity index (χ1n) is 22.9. The third-order valence-corrected chi connectivity index (χ3v) is 15.6. The van der Waals surface area contributed by atoms with Gasteiger partial charge in [0.15, 0.2) is 0 Å². The number of carbonyl (C=O) groups is 4. The number of aromatic amines is 1. The van der Waals surface area contributed by atoms with Gasteiger partial charge < -0.3 is 29.6 Å². The predicted octanol–water partition coefficient (Wildman–Crippen LogP) is 6.75. The number of likely N-dealkylation sites (tertiary alicyclic amines) is 2. The molecule has 17 heteroatoms. The Morgan fingerprint density at radius 1 is 0.985 bits per heavy atom. The number of amides is 4. The summed E-state index contributed by atoms with van der Waals surface area (Å²) in [7, 11) is -2.38. The molecule has 15 nitrogen and oxygen atoms in total. The Balaban J connectivity index is 1.03. The van der Waals surface area contributed by atoms with Gasteiger partial charge in [-0.05, 0) is 74.3 Å². The van der Waals surface area contributed by atoms with Crippen LogP contribution in [0.1, 0.15) is 84.0 Å². The Morgan fingerprint density at radius 2 is 1.76 bits per heavy atom. The Labute approximate surface area is 388 Å². The summed E-state index contributed by atoms with van der Waals surface area (Å²) in [5.41, 5.74) is 0.813. The summed E-state index contributed by atoms with van der Waals surface area (Å²) >= 11 is 0. The van der Waals surface area contributed by atoms with Crippen LogP contribution in [0.2, 0.25) is 0 Å². The maximum absolute atomic E-state index is 15.3. The van der Waals surface area contributed by atoms with E-state index in [4.69, 9.17) is 19.4 Å². The van der Waals surface area contributed by atoms with Crippen LogP contribution in [0.25, 0.3) is 33.2 Å². The van der Waals surface area contributed by atoms with Crippen molar-refractivity contribution in [2.45, 2.75) is 101 Å². The van der Waals surface area contributed by atoms with Crippen LogP contribution in [0.15, 0.2) is 85.5 Å². The largest absolute Gasteiger partial charge is 0.497 e. The van der Waals surface area contributed by atoms with Gasteiger partial charge in [0.1, 0.15) is 40.8 Å². The molecule has 4 amide bonds. The lowest BCUT2D eigenvalue weighted by Gasteiger charge is -2.38. The molecule has 2 saturated carbocycles. The molecule has 0 bridgehead atoms. The van der Waals surface area contributed by atoms with Crippen molar-refractivity contribution in [3.05, 3.63) is 97.1 Å². The summed E-state index contributed by atoms with van der Waals surface area (Å²) in [6.45, 7) is 9.87. The molecule has 0 spiro atoms. The zero-order chi connectivity index (χ0) is 47.4. The number of H-pyrrole nitrogens is 1. The third kappa shape index (κ3) is 9.21. The van der Waals surface area contributed by atoms with Crippen LogP contribution in [0.3, 0.4) is 0 Å². The number of piperidine rings is 1. The number of carbonyl (C=O) groups excluding carboxylic acids is 4. The molecule has 5 aromatic rings. The van der Waals surface area contributed by atoms with Crippen molar-refractivity contribution in [1.82, 2.24) is 34.8 Å². The molecule has 6 atom stereocenters. The number of hydrogen-bond donors (Lipinski definition) is 3. The SMILES string of the molecule is C=CC1C[C@]1(NC(=O)[C@@H]1C[C@@H](Oc2cc(-c3ccccc3)nc3cc(OC)ccc23)CN1C(=O)[C@@H](CC(=O)N1CCCCC1c1nc2ccc(F)cc2[nH]1)C(C)(C)C)C(=O)NS(=O)(=O)C1CC1. The molecule has 2 saturated heterocycles. The normalized spacial score (nSPS) is 23.4. The number of aromatic nitrogens is 3. The van der Waals surface area contributed by atoms with Gasteiger partial charge in [0.05, 0.1) is 53.1 Å². The molecule has 2 unspecified atom stereocenters. The highest BCUT2D eigenvalue weighted by molar-refractivity contribution is 7.91. The van der Waals surface area contributed by atoms with Gasteiger partial charge in [-0.15, -0.1) is 6.58 Å². The second-order valence-electron chi connectivity index (χ2n) is 19.4. The lowest BCUT2D eigenvalue weighted by molar-refractivity contribution is -0.149. The van der Waals surface area contributed by atoms with Crippen LogP contribution >= 0.6 is 0 Å². The lowest BCUT2D eigenvalue weighted by atomic mass is 9.77. The molecule has 2 aliphatic carbocycles. The lowest BCUT2D eigenvalue weighted by Crippen LogP contribution is -2.57. The van der Waals surface area contributed by atoms with Gasteiger partial charge in [-0.2, -0.15) is 0 Å². The summed E-state index contributed by atoms with van der Waals surface area (Å²) in [6, 6.07) is 19.6. The van der Waals surface area contributed by atoms with Crippen LogP contribution in [-0.2, 0) is 29.2 Å². The number of nitrogens with one attached hydrogen (secondary N) is 3. The van der Waals surface area contributed by atoms with Gasteiger partial charge in [0.2, 0.25) is 27.7 Å². The van der Waals surface area contributed by atoms with Crippen molar-refractivity contribution in [3.63, 3.8) is 0 Å². The number of pyridine rings is 1. The molecule has 3 N–H and O–H groups in total. The Hall–Kier alpha value is -6.36. The van der Waals surface area contributed by atoms with Gasteiger partial charge in [0.25, 0.3) is 5.91 Å². The molecule has 4 aliphatic rings. The summed E-state index contributed by atoms with van der Waals surface area (Å²) in [6.07, 6.45) is 3.84. The summed E-state index contributed by atoms with van der Waals surface area (Å²) in [4.78, 5) is 74.6. The van der Waals surface area contributed by atoms with Gasteiger partial charge in [-0.3, -0.25) is 23.9 Å². The van der Waals surface area contributed by atoms with Gasteiger partial charge in [-0.1, -0.05) is 57.2 Å². The van der Waals surface area contributed by atoms with Crippen molar-refractivity contribution in [1.29, 1.82) is 0 Å². The van der Waals surface area contributed by atoms with Gasteiger partial charge in [-0.25, -0.2) is 22.8 Å². The van der Waals surface area contributed by atoms with Crippen LogP contribution in [0.5, 0.6) is 11.5 Å². The van der Waals surface area contributed by atoms with E-state index >= 15 is 4.79 Å². The van der Waals surface area contributed by atoms with E-state index < -0.39 is 79.8 Å². The second-order valence-corrected chi connectivity index (χ2v) is 21.4. The minimum Gasteiger partial charge on any atom is -0.497 e. The summed E-state index contributed by atoms with van der Waals surface area (Å²) in [5.74, 6) is -2.48. The number of hydrogen-bond acceptors (Lipinski definition) is 10. The summed E-state index contributed by atoms with van der Waals surface area (Å²) in [5, 5.41) is 2.88. The number of imidazole rings is 1. The molecule has 4 fully saturated rings. The zero-order valence-electron chi connectivity index (χ0n) is 38.1. The van der Waals surface area contributed by atoms with Crippen molar-refractivity contribution in [2.75, 3.05) is 20.2 Å². The molecule has 4 heterocycles. The number of methoxy groups -OCH3 is 1. The fourth-order valence-corrected chi connectivity index (χ4v) is 11.0. The quantitative estimate of drug-likeness (QED) is 0.100. The average Bonchev–Trinajstić information content (AvgIpc) is 4.21. The van der Waals surface area contributed by atoms with E-state index in [-0.39, 0.29) is 31.7 Å². The number of benzene rings is 3. The highest BCUT2D eigenvalue weighted by Crippen LogP contribution is 2.46. The number of sulfonamides is 1. The topological polar surface area (TPSA) is 193 Å². The summed E-state index contributed by atoms with van der Waals surface area (Å²) < 4.78 is 54.6. The number of rotatable bonds is 14. The molecular weight excluding hydrogens is 878 g/mol. The van der Waals surface area contributed by atoms with E-state index in [0.717, 1.165) is 18.4 Å². The third-order valence-electron chi connectivity index (χ3n) is 13.8.